The Bertz CT molecular complexity index is 676. The van der Waals surface area contributed by atoms with E-state index < -0.39 is 0 Å². The molecule has 1 unspecified atom stereocenters. The summed E-state index contributed by atoms with van der Waals surface area (Å²) in [5, 5.41) is 3.76. The minimum Gasteiger partial charge on any atom is -0.487 e. The molecule has 23 heavy (non-hydrogen) atoms. The van der Waals surface area contributed by atoms with E-state index in [0.717, 1.165) is 25.1 Å². The lowest BCUT2D eigenvalue weighted by atomic mass is 9.86. The summed E-state index contributed by atoms with van der Waals surface area (Å²) in [6, 6.07) is 15.5. The maximum atomic E-state index is 6.24. The zero-order chi connectivity index (χ0) is 16.4. The maximum Gasteiger partial charge on any atom is 0.125 e. The molecule has 0 amide bonds. The molecule has 3 rings (SSSR count). The Morgan fingerprint density at radius 1 is 1.13 bits per heavy atom. The van der Waals surface area contributed by atoms with Crippen LogP contribution in [0.4, 0.5) is 0 Å². The van der Waals surface area contributed by atoms with E-state index in [1.165, 1.54) is 22.3 Å². The average Bonchev–Trinajstić information content (AvgIpc) is 2.46. The first-order chi connectivity index (χ1) is 10.9. The Hall–Kier alpha value is -1.80. The van der Waals surface area contributed by atoms with Crippen LogP contribution in [0.15, 0.2) is 42.5 Å². The number of benzene rings is 2. The molecule has 0 aliphatic carbocycles. The first kappa shape index (κ1) is 16.1. The maximum absolute atomic E-state index is 6.24. The third-order valence-corrected chi connectivity index (χ3v) is 4.57. The Balaban J connectivity index is 1.77. The summed E-state index contributed by atoms with van der Waals surface area (Å²) in [5.41, 5.74) is 5.18. The summed E-state index contributed by atoms with van der Waals surface area (Å²) in [5.74, 6) is 1.05. The van der Waals surface area contributed by atoms with Crippen LogP contribution in [0, 0.1) is 13.8 Å². The van der Waals surface area contributed by atoms with Gasteiger partial charge in [-0.05, 0) is 63.4 Å². The number of rotatable bonds is 4. The SMILES string of the molecule is Cc1cc(C)c2c(c1)OC(C)(C)CC2NCCc1ccccc1. The zero-order valence-electron chi connectivity index (χ0n) is 14.6. The second kappa shape index (κ2) is 6.37. The number of aryl methyl sites for hydroxylation is 2. The lowest BCUT2D eigenvalue weighted by Crippen LogP contribution is -2.40. The molecule has 0 fully saturated rings. The highest BCUT2D eigenvalue weighted by Crippen LogP contribution is 2.41. The van der Waals surface area contributed by atoms with E-state index in [2.05, 4.69) is 75.5 Å². The molecule has 2 nitrogen and oxygen atoms in total. The van der Waals surface area contributed by atoms with Gasteiger partial charge in [0.2, 0.25) is 0 Å². The molecule has 1 aliphatic heterocycles. The van der Waals surface area contributed by atoms with Crippen LogP contribution < -0.4 is 10.1 Å². The Labute approximate surface area is 139 Å². The summed E-state index contributed by atoms with van der Waals surface area (Å²) < 4.78 is 6.24. The van der Waals surface area contributed by atoms with Crippen molar-refractivity contribution in [1.82, 2.24) is 5.32 Å². The second-order valence-electron chi connectivity index (χ2n) is 7.30. The standard InChI is InChI=1S/C21H27NO/c1-15-12-16(2)20-18(14-21(3,4)23-19(20)13-15)22-11-10-17-8-6-5-7-9-17/h5-9,12-13,18,22H,10-11,14H2,1-4H3. The van der Waals surface area contributed by atoms with Crippen LogP contribution in [-0.4, -0.2) is 12.1 Å². The van der Waals surface area contributed by atoms with Gasteiger partial charge in [0.1, 0.15) is 11.4 Å². The average molecular weight is 309 g/mol. The van der Waals surface area contributed by atoms with Crippen LogP contribution in [0.3, 0.4) is 0 Å². The fourth-order valence-electron chi connectivity index (χ4n) is 3.61. The molecule has 0 bridgehead atoms. The molecule has 0 saturated carbocycles. The van der Waals surface area contributed by atoms with Gasteiger partial charge in [-0.3, -0.25) is 0 Å². The smallest absolute Gasteiger partial charge is 0.125 e. The quantitative estimate of drug-likeness (QED) is 0.881. The minimum atomic E-state index is -0.127. The van der Waals surface area contributed by atoms with Crippen molar-refractivity contribution in [3.05, 3.63) is 64.7 Å². The molecule has 0 aromatic heterocycles. The van der Waals surface area contributed by atoms with Crippen LogP contribution in [0.1, 0.15) is 48.6 Å². The topological polar surface area (TPSA) is 21.3 Å². The van der Waals surface area contributed by atoms with Gasteiger partial charge in [0.15, 0.2) is 0 Å². The second-order valence-corrected chi connectivity index (χ2v) is 7.30. The predicted molar refractivity (Wildman–Crippen MR) is 96.1 cm³/mol. The van der Waals surface area contributed by atoms with Gasteiger partial charge in [-0.2, -0.15) is 0 Å². The zero-order valence-corrected chi connectivity index (χ0v) is 14.6. The summed E-state index contributed by atoms with van der Waals surface area (Å²) >= 11 is 0. The van der Waals surface area contributed by atoms with Crippen molar-refractivity contribution in [2.75, 3.05) is 6.54 Å². The fourth-order valence-corrected chi connectivity index (χ4v) is 3.61. The largest absolute Gasteiger partial charge is 0.487 e. The van der Waals surface area contributed by atoms with Crippen molar-refractivity contribution in [2.24, 2.45) is 0 Å². The molecule has 1 N–H and O–H groups in total. The third-order valence-electron chi connectivity index (χ3n) is 4.57. The lowest BCUT2D eigenvalue weighted by molar-refractivity contribution is 0.0658. The minimum absolute atomic E-state index is 0.127. The van der Waals surface area contributed by atoms with E-state index in [1.54, 1.807) is 0 Å². The Kier molecular flexibility index (Phi) is 4.45. The molecular weight excluding hydrogens is 282 g/mol. The van der Waals surface area contributed by atoms with Crippen molar-refractivity contribution in [3.63, 3.8) is 0 Å². The van der Waals surface area contributed by atoms with E-state index in [0.29, 0.717) is 6.04 Å². The van der Waals surface area contributed by atoms with Crippen molar-refractivity contribution < 1.29 is 4.74 Å². The van der Waals surface area contributed by atoms with E-state index >= 15 is 0 Å². The molecule has 0 saturated heterocycles. The Morgan fingerprint density at radius 2 is 1.87 bits per heavy atom. The number of ether oxygens (including phenoxy) is 1. The van der Waals surface area contributed by atoms with Gasteiger partial charge < -0.3 is 10.1 Å². The lowest BCUT2D eigenvalue weighted by Gasteiger charge is -2.39. The molecule has 2 heteroatoms. The molecule has 1 heterocycles. The molecule has 122 valence electrons. The molecule has 2 aromatic carbocycles. The van der Waals surface area contributed by atoms with Gasteiger partial charge in [0.25, 0.3) is 0 Å². The first-order valence-corrected chi connectivity index (χ1v) is 8.52. The molecule has 2 aromatic rings. The van der Waals surface area contributed by atoms with Crippen molar-refractivity contribution in [2.45, 2.75) is 52.2 Å². The highest BCUT2D eigenvalue weighted by atomic mass is 16.5. The van der Waals surface area contributed by atoms with Crippen LogP contribution in [0.2, 0.25) is 0 Å². The van der Waals surface area contributed by atoms with E-state index in [4.69, 9.17) is 4.74 Å². The number of fused-ring (bicyclic) bond motifs is 1. The molecule has 1 aliphatic rings. The van der Waals surface area contributed by atoms with Crippen molar-refractivity contribution >= 4 is 0 Å². The molecule has 1 atom stereocenters. The van der Waals surface area contributed by atoms with E-state index in [9.17, 15) is 0 Å². The number of hydrogen-bond donors (Lipinski definition) is 1. The normalized spacial score (nSPS) is 19.0. The first-order valence-electron chi connectivity index (χ1n) is 8.52. The van der Waals surface area contributed by atoms with Gasteiger partial charge in [0.05, 0.1) is 0 Å². The van der Waals surface area contributed by atoms with Crippen LogP contribution in [-0.2, 0) is 6.42 Å². The molecule has 0 spiro atoms. The molecular formula is C21H27NO. The van der Waals surface area contributed by atoms with Crippen molar-refractivity contribution in [1.29, 1.82) is 0 Å². The monoisotopic (exact) mass is 309 g/mol. The van der Waals surface area contributed by atoms with Crippen LogP contribution in [0.25, 0.3) is 0 Å². The van der Waals surface area contributed by atoms with Gasteiger partial charge in [-0.1, -0.05) is 36.4 Å². The van der Waals surface area contributed by atoms with E-state index in [-0.39, 0.29) is 5.60 Å². The number of nitrogens with one attached hydrogen (secondary N) is 1. The van der Waals surface area contributed by atoms with Gasteiger partial charge in [0, 0.05) is 18.0 Å². The summed E-state index contributed by atoms with van der Waals surface area (Å²) in [6.45, 7) is 9.67. The van der Waals surface area contributed by atoms with Gasteiger partial charge >= 0.3 is 0 Å². The fraction of sp³-hybridized carbons (Fsp3) is 0.429. The summed E-state index contributed by atoms with van der Waals surface area (Å²) in [7, 11) is 0. The van der Waals surface area contributed by atoms with Crippen LogP contribution >= 0.6 is 0 Å². The van der Waals surface area contributed by atoms with E-state index in [1.807, 2.05) is 0 Å². The highest BCUT2D eigenvalue weighted by Gasteiger charge is 2.34. The van der Waals surface area contributed by atoms with Gasteiger partial charge in [-0.15, -0.1) is 0 Å². The predicted octanol–water partition coefficient (Wildman–Crippen LogP) is 4.74. The van der Waals surface area contributed by atoms with Crippen molar-refractivity contribution in [3.8, 4) is 5.75 Å². The van der Waals surface area contributed by atoms with Crippen LogP contribution in [0.5, 0.6) is 5.75 Å². The Morgan fingerprint density at radius 3 is 2.61 bits per heavy atom. The molecule has 0 radical (unpaired) electrons. The van der Waals surface area contributed by atoms with Gasteiger partial charge in [-0.25, -0.2) is 0 Å². The highest BCUT2D eigenvalue weighted by molar-refractivity contribution is 5.47. The third kappa shape index (κ3) is 3.76. The number of hydrogen-bond acceptors (Lipinski definition) is 2. The summed E-state index contributed by atoms with van der Waals surface area (Å²) in [4.78, 5) is 0. The summed E-state index contributed by atoms with van der Waals surface area (Å²) in [6.07, 6.45) is 2.05.